The Morgan fingerprint density at radius 1 is 1.11 bits per heavy atom. The van der Waals surface area contributed by atoms with E-state index in [1.807, 2.05) is 25.3 Å². The molecule has 138 valence electrons. The quantitative estimate of drug-likeness (QED) is 0.690. The fourth-order valence-corrected chi connectivity index (χ4v) is 3.59. The lowest BCUT2D eigenvalue weighted by molar-refractivity contribution is 0.697. The maximum absolute atomic E-state index is 6.30. The molecule has 0 aliphatic carbocycles. The van der Waals surface area contributed by atoms with Crippen molar-refractivity contribution in [2.45, 2.75) is 26.4 Å². The average Bonchev–Trinajstić information content (AvgIpc) is 2.69. The van der Waals surface area contributed by atoms with Crippen molar-refractivity contribution in [1.82, 2.24) is 15.0 Å². The van der Waals surface area contributed by atoms with Gasteiger partial charge in [0.2, 0.25) is 0 Å². The summed E-state index contributed by atoms with van der Waals surface area (Å²) in [6.45, 7) is 4.20. The Kier molecular flexibility index (Phi) is 5.14. The summed E-state index contributed by atoms with van der Waals surface area (Å²) in [5.74, 6) is 1.80. The summed E-state index contributed by atoms with van der Waals surface area (Å²) in [5, 5.41) is 4.52. The highest BCUT2D eigenvalue weighted by atomic mass is 35.5. The lowest BCUT2D eigenvalue weighted by Crippen LogP contribution is -2.32. The number of nitrogens with one attached hydrogen (secondary N) is 1. The molecule has 3 heterocycles. The zero-order valence-electron chi connectivity index (χ0n) is 14.9. The number of fused-ring (bicyclic) bond motifs is 1. The van der Waals surface area contributed by atoms with Gasteiger partial charge in [-0.15, -0.1) is 0 Å². The molecular weight excluding hydrogens is 381 g/mol. The Balaban J connectivity index is 1.56. The van der Waals surface area contributed by atoms with E-state index in [1.54, 1.807) is 12.4 Å². The second-order valence-electron chi connectivity index (χ2n) is 6.58. The summed E-state index contributed by atoms with van der Waals surface area (Å²) in [5.41, 5.74) is 4.27. The lowest BCUT2D eigenvalue weighted by atomic mass is 10.1. The Bertz CT molecular complexity index is 959. The number of rotatable bonds is 4. The molecule has 0 spiro atoms. The summed E-state index contributed by atoms with van der Waals surface area (Å²) in [7, 11) is 0. The van der Waals surface area contributed by atoms with Gasteiger partial charge in [-0.2, -0.15) is 0 Å². The van der Waals surface area contributed by atoms with Gasteiger partial charge in [0.25, 0.3) is 0 Å². The van der Waals surface area contributed by atoms with E-state index in [1.165, 1.54) is 0 Å². The molecule has 1 aliphatic rings. The molecule has 0 unspecified atom stereocenters. The molecule has 1 aliphatic heterocycles. The second-order valence-corrected chi connectivity index (χ2v) is 7.36. The molecule has 0 atom stereocenters. The third-order valence-electron chi connectivity index (χ3n) is 4.70. The maximum Gasteiger partial charge on any atom is 0.134 e. The van der Waals surface area contributed by atoms with Gasteiger partial charge in [0.05, 0.1) is 15.7 Å². The largest absolute Gasteiger partial charge is 0.366 e. The van der Waals surface area contributed by atoms with E-state index in [0.717, 1.165) is 53.5 Å². The standard InChI is InChI=1S/C20H19Cl2N5/c1-13-5-6-18(23-9-13)27-8-7-17-15(11-27)20(26-12-25-17)24-10-14-3-2-4-16(21)19(14)22/h2-6,9,12H,7-8,10-11H2,1H3,(H,24,25,26). The van der Waals surface area contributed by atoms with Crippen LogP contribution < -0.4 is 10.2 Å². The molecule has 27 heavy (non-hydrogen) atoms. The van der Waals surface area contributed by atoms with E-state index >= 15 is 0 Å². The first-order chi connectivity index (χ1) is 13.1. The Morgan fingerprint density at radius 3 is 2.81 bits per heavy atom. The number of halogens is 2. The van der Waals surface area contributed by atoms with E-state index < -0.39 is 0 Å². The zero-order valence-corrected chi connectivity index (χ0v) is 16.4. The van der Waals surface area contributed by atoms with Gasteiger partial charge in [-0.1, -0.05) is 41.4 Å². The van der Waals surface area contributed by atoms with Crippen molar-refractivity contribution in [1.29, 1.82) is 0 Å². The summed E-state index contributed by atoms with van der Waals surface area (Å²) in [6, 6.07) is 9.78. The molecule has 0 saturated heterocycles. The summed E-state index contributed by atoms with van der Waals surface area (Å²) in [4.78, 5) is 15.7. The number of benzene rings is 1. The lowest BCUT2D eigenvalue weighted by Gasteiger charge is -2.30. The van der Waals surface area contributed by atoms with Crippen molar-refractivity contribution in [2.75, 3.05) is 16.8 Å². The molecule has 1 N–H and O–H groups in total. The first kappa shape index (κ1) is 18.0. The average molecular weight is 400 g/mol. The molecule has 7 heteroatoms. The molecule has 3 aromatic rings. The van der Waals surface area contributed by atoms with Crippen molar-refractivity contribution >= 4 is 34.8 Å². The number of aromatic nitrogens is 3. The Labute approximate surface area is 168 Å². The monoisotopic (exact) mass is 399 g/mol. The predicted molar refractivity (Wildman–Crippen MR) is 110 cm³/mol. The first-order valence-electron chi connectivity index (χ1n) is 8.79. The number of nitrogens with zero attached hydrogens (tertiary/aromatic N) is 4. The van der Waals surface area contributed by atoms with Crippen molar-refractivity contribution in [3.8, 4) is 0 Å². The summed E-state index contributed by atoms with van der Waals surface area (Å²) >= 11 is 12.4. The van der Waals surface area contributed by atoms with Gasteiger partial charge in [-0.3, -0.25) is 0 Å². The van der Waals surface area contributed by atoms with Crippen LogP contribution in [0.4, 0.5) is 11.6 Å². The third kappa shape index (κ3) is 3.84. The Hall–Kier alpha value is -2.37. The van der Waals surface area contributed by atoms with Crippen LogP contribution in [0.3, 0.4) is 0 Å². The van der Waals surface area contributed by atoms with Crippen LogP contribution in [-0.2, 0) is 19.5 Å². The van der Waals surface area contributed by atoms with Crippen LogP contribution in [0.2, 0.25) is 10.0 Å². The third-order valence-corrected chi connectivity index (χ3v) is 5.56. The van der Waals surface area contributed by atoms with Crippen LogP contribution >= 0.6 is 23.2 Å². The molecule has 4 rings (SSSR count). The molecule has 2 aromatic heterocycles. The molecule has 0 fully saturated rings. The molecule has 1 aromatic carbocycles. The smallest absolute Gasteiger partial charge is 0.134 e. The van der Waals surface area contributed by atoms with E-state index in [4.69, 9.17) is 23.2 Å². The van der Waals surface area contributed by atoms with Crippen LogP contribution in [0.1, 0.15) is 22.4 Å². The molecule has 5 nitrogen and oxygen atoms in total. The minimum atomic E-state index is 0.547. The van der Waals surface area contributed by atoms with Gasteiger partial charge in [0.15, 0.2) is 0 Å². The Morgan fingerprint density at radius 2 is 2.00 bits per heavy atom. The van der Waals surface area contributed by atoms with Crippen molar-refractivity contribution in [3.05, 3.63) is 75.3 Å². The zero-order chi connectivity index (χ0) is 18.8. The topological polar surface area (TPSA) is 53.9 Å². The molecule has 0 amide bonds. The molecule has 0 radical (unpaired) electrons. The van der Waals surface area contributed by atoms with Crippen LogP contribution in [0.15, 0.2) is 42.9 Å². The van der Waals surface area contributed by atoms with Crippen molar-refractivity contribution in [3.63, 3.8) is 0 Å². The fraction of sp³-hybridized carbons (Fsp3) is 0.250. The van der Waals surface area contributed by atoms with Gasteiger partial charge in [-0.25, -0.2) is 15.0 Å². The number of aryl methyl sites for hydroxylation is 1. The van der Waals surface area contributed by atoms with Gasteiger partial charge in [0, 0.05) is 37.8 Å². The first-order valence-corrected chi connectivity index (χ1v) is 9.54. The van der Waals surface area contributed by atoms with Crippen LogP contribution in [0.25, 0.3) is 0 Å². The van der Waals surface area contributed by atoms with Crippen LogP contribution in [0.5, 0.6) is 0 Å². The van der Waals surface area contributed by atoms with Crippen molar-refractivity contribution < 1.29 is 0 Å². The fourth-order valence-electron chi connectivity index (χ4n) is 3.20. The van der Waals surface area contributed by atoms with Crippen molar-refractivity contribution in [2.24, 2.45) is 0 Å². The highest BCUT2D eigenvalue weighted by Gasteiger charge is 2.22. The van der Waals surface area contributed by atoms with Gasteiger partial charge >= 0.3 is 0 Å². The minimum absolute atomic E-state index is 0.547. The van der Waals surface area contributed by atoms with E-state index in [-0.39, 0.29) is 0 Å². The number of hydrogen-bond donors (Lipinski definition) is 1. The SMILES string of the molecule is Cc1ccc(N2CCc3ncnc(NCc4cccc(Cl)c4Cl)c3C2)nc1. The summed E-state index contributed by atoms with van der Waals surface area (Å²) in [6.07, 6.45) is 4.37. The number of hydrogen-bond acceptors (Lipinski definition) is 5. The maximum atomic E-state index is 6.30. The van der Waals surface area contributed by atoms with Gasteiger partial charge in [0.1, 0.15) is 18.0 Å². The predicted octanol–water partition coefficient (Wildman–Crippen LogP) is 4.66. The number of anilines is 2. The molecular formula is C20H19Cl2N5. The summed E-state index contributed by atoms with van der Waals surface area (Å²) < 4.78 is 0. The van der Waals surface area contributed by atoms with Gasteiger partial charge in [-0.05, 0) is 30.2 Å². The van der Waals surface area contributed by atoms with E-state index in [2.05, 4.69) is 37.3 Å². The molecule has 0 bridgehead atoms. The molecule has 0 saturated carbocycles. The number of pyridine rings is 1. The van der Waals surface area contributed by atoms with E-state index in [0.29, 0.717) is 16.6 Å². The normalized spacial score (nSPS) is 13.4. The highest BCUT2D eigenvalue weighted by molar-refractivity contribution is 6.42. The van der Waals surface area contributed by atoms with Crippen LogP contribution in [0, 0.1) is 6.92 Å². The van der Waals surface area contributed by atoms with E-state index in [9.17, 15) is 0 Å². The van der Waals surface area contributed by atoms with Gasteiger partial charge < -0.3 is 10.2 Å². The second kappa shape index (κ2) is 7.71. The minimum Gasteiger partial charge on any atom is -0.366 e. The highest BCUT2D eigenvalue weighted by Crippen LogP contribution is 2.28. The van der Waals surface area contributed by atoms with Crippen LogP contribution in [-0.4, -0.2) is 21.5 Å².